The molecule has 0 atom stereocenters. The minimum atomic E-state index is 0.166. The van der Waals surface area contributed by atoms with Crippen molar-refractivity contribution in [2.75, 3.05) is 13.1 Å². The Labute approximate surface area is 114 Å². The predicted molar refractivity (Wildman–Crippen MR) is 72.8 cm³/mol. The molecule has 0 radical (unpaired) electrons. The van der Waals surface area contributed by atoms with E-state index >= 15 is 0 Å². The molecule has 5 nitrogen and oxygen atoms in total. The number of hydrogen-bond donors (Lipinski definition) is 1. The standard InChI is InChI=1S/C14H23N3O2/c1-3-12-11(13(4-2)19-16-12)9-14(18)17-7-5-10(15)6-8-17/h10H,3-9,15H2,1-2H3. The van der Waals surface area contributed by atoms with Gasteiger partial charge in [-0.05, 0) is 19.3 Å². The number of likely N-dealkylation sites (tertiary alicyclic amines) is 1. The van der Waals surface area contributed by atoms with E-state index in [1.165, 1.54) is 0 Å². The summed E-state index contributed by atoms with van der Waals surface area (Å²) in [4.78, 5) is 14.2. The van der Waals surface area contributed by atoms with Crippen molar-refractivity contribution in [3.05, 3.63) is 17.0 Å². The third-order valence-corrected chi connectivity index (χ3v) is 3.83. The summed E-state index contributed by atoms with van der Waals surface area (Å²) in [6, 6.07) is 0.247. The lowest BCUT2D eigenvalue weighted by atomic mass is 10.0. The summed E-state index contributed by atoms with van der Waals surface area (Å²) in [5.74, 6) is 1.01. The highest BCUT2D eigenvalue weighted by molar-refractivity contribution is 5.79. The Hall–Kier alpha value is -1.36. The van der Waals surface area contributed by atoms with Crippen molar-refractivity contribution in [1.29, 1.82) is 0 Å². The molecular weight excluding hydrogens is 242 g/mol. The van der Waals surface area contributed by atoms with E-state index in [0.717, 1.165) is 55.8 Å². The smallest absolute Gasteiger partial charge is 0.227 e. The van der Waals surface area contributed by atoms with Gasteiger partial charge in [0.2, 0.25) is 5.91 Å². The quantitative estimate of drug-likeness (QED) is 0.890. The fourth-order valence-electron chi connectivity index (χ4n) is 2.55. The van der Waals surface area contributed by atoms with Gasteiger partial charge in [0.15, 0.2) is 0 Å². The zero-order valence-corrected chi connectivity index (χ0v) is 11.8. The normalized spacial score (nSPS) is 16.9. The van der Waals surface area contributed by atoms with E-state index in [-0.39, 0.29) is 11.9 Å². The lowest BCUT2D eigenvalue weighted by Gasteiger charge is -2.30. The van der Waals surface area contributed by atoms with Gasteiger partial charge in [-0.2, -0.15) is 0 Å². The molecule has 19 heavy (non-hydrogen) atoms. The maximum absolute atomic E-state index is 12.3. The van der Waals surface area contributed by atoms with Crippen LogP contribution in [0.25, 0.3) is 0 Å². The molecule has 0 unspecified atom stereocenters. The van der Waals surface area contributed by atoms with E-state index in [4.69, 9.17) is 10.3 Å². The van der Waals surface area contributed by atoms with Gasteiger partial charge in [0.1, 0.15) is 5.76 Å². The fourth-order valence-corrected chi connectivity index (χ4v) is 2.55. The Kier molecular flexibility index (Phi) is 4.58. The van der Waals surface area contributed by atoms with Crippen LogP contribution in [0.1, 0.15) is 43.7 Å². The van der Waals surface area contributed by atoms with E-state index < -0.39 is 0 Å². The average molecular weight is 265 g/mol. The molecule has 2 rings (SSSR count). The SMILES string of the molecule is CCc1noc(CC)c1CC(=O)N1CCC(N)CC1. The first kappa shape index (κ1) is 14.1. The Morgan fingerprint density at radius 3 is 2.63 bits per heavy atom. The highest BCUT2D eigenvalue weighted by atomic mass is 16.5. The van der Waals surface area contributed by atoms with Crippen LogP contribution in [0, 0.1) is 0 Å². The van der Waals surface area contributed by atoms with E-state index in [9.17, 15) is 4.79 Å². The van der Waals surface area contributed by atoms with Gasteiger partial charge in [0.25, 0.3) is 0 Å². The summed E-state index contributed by atoms with van der Waals surface area (Å²) in [5, 5.41) is 4.05. The maximum atomic E-state index is 12.3. The van der Waals surface area contributed by atoms with Crippen LogP contribution in [0.2, 0.25) is 0 Å². The first-order valence-electron chi connectivity index (χ1n) is 7.15. The Bertz CT molecular complexity index is 412. The Balaban J connectivity index is 2.04. The van der Waals surface area contributed by atoms with Crippen LogP contribution in [0.3, 0.4) is 0 Å². The first-order valence-corrected chi connectivity index (χ1v) is 7.15. The number of hydrogen-bond acceptors (Lipinski definition) is 4. The predicted octanol–water partition coefficient (Wildman–Crippen LogP) is 1.29. The van der Waals surface area contributed by atoms with Crippen molar-refractivity contribution < 1.29 is 9.32 Å². The number of amides is 1. The number of aromatic nitrogens is 1. The largest absolute Gasteiger partial charge is 0.361 e. The van der Waals surface area contributed by atoms with E-state index in [1.807, 2.05) is 18.7 Å². The molecule has 1 saturated heterocycles. The highest BCUT2D eigenvalue weighted by Crippen LogP contribution is 2.18. The molecule has 1 amide bonds. The second-order valence-electron chi connectivity index (χ2n) is 5.13. The highest BCUT2D eigenvalue weighted by Gasteiger charge is 2.23. The summed E-state index contributed by atoms with van der Waals surface area (Å²) in [5.41, 5.74) is 7.77. The Morgan fingerprint density at radius 2 is 2.05 bits per heavy atom. The lowest BCUT2D eigenvalue weighted by molar-refractivity contribution is -0.131. The fraction of sp³-hybridized carbons (Fsp3) is 0.714. The second kappa shape index (κ2) is 6.19. The molecule has 0 aromatic carbocycles. The summed E-state index contributed by atoms with van der Waals surface area (Å²) in [6.07, 6.45) is 3.79. The minimum Gasteiger partial charge on any atom is -0.361 e. The minimum absolute atomic E-state index is 0.166. The number of nitrogens with zero attached hydrogens (tertiary/aromatic N) is 2. The van der Waals surface area contributed by atoms with Gasteiger partial charge < -0.3 is 15.2 Å². The number of piperidine rings is 1. The molecule has 1 aromatic heterocycles. The van der Waals surface area contributed by atoms with Crippen molar-refractivity contribution in [3.8, 4) is 0 Å². The number of aryl methyl sites for hydroxylation is 2. The maximum Gasteiger partial charge on any atom is 0.227 e. The molecule has 5 heteroatoms. The number of carbonyl (C=O) groups is 1. The van der Waals surface area contributed by atoms with Crippen LogP contribution in [-0.4, -0.2) is 35.1 Å². The van der Waals surface area contributed by atoms with E-state index in [1.54, 1.807) is 0 Å². The van der Waals surface area contributed by atoms with Gasteiger partial charge in [-0.1, -0.05) is 19.0 Å². The summed E-state index contributed by atoms with van der Waals surface area (Å²) in [7, 11) is 0. The lowest BCUT2D eigenvalue weighted by Crippen LogP contribution is -2.43. The molecule has 0 aliphatic carbocycles. The summed E-state index contributed by atoms with van der Waals surface area (Å²) in [6.45, 7) is 5.60. The van der Waals surface area contributed by atoms with Gasteiger partial charge in [0.05, 0.1) is 12.1 Å². The summed E-state index contributed by atoms with van der Waals surface area (Å²) < 4.78 is 5.30. The third kappa shape index (κ3) is 3.15. The van der Waals surface area contributed by atoms with Crippen LogP contribution in [0.15, 0.2) is 4.52 Å². The molecule has 106 valence electrons. The average Bonchev–Trinajstić information content (AvgIpc) is 2.81. The number of rotatable bonds is 4. The van der Waals surface area contributed by atoms with Crippen molar-refractivity contribution in [2.45, 2.75) is 52.0 Å². The van der Waals surface area contributed by atoms with E-state index in [2.05, 4.69) is 5.16 Å². The van der Waals surface area contributed by atoms with Crippen LogP contribution < -0.4 is 5.73 Å². The van der Waals surface area contributed by atoms with Crippen molar-refractivity contribution in [3.63, 3.8) is 0 Å². The molecule has 1 fully saturated rings. The second-order valence-corrected chi connectivity index (χ2v) is 5.13. The van der Waals surface area contributed by atoms with Gasteiger partial charge in [-0.25, -0.2) is 0 Å². The van der Waals surface area contributed by atoms with Crippen LogP contribution >= 0.6 is 0 Å². The van der Waals surface area contributed by atoms with Crippen molar-refractivity contribution in [1.82, 2.24) is 10.1 Å². The molecule has 2 N–H and O–H groups in total. The van der Waals surface area contributed by atoms with Crippen molar-refractivity contribution >= 4 is 5.91 Å². The molecule has 0 bridgehead atoms. The monoisotopic (exact) mass is 265 g/mol. The van der Waals surface area contributed by atoms with Gasteiger partial charge >= 0.3 is 0 Å². The van der Waals surface area contributed by atoms with Crippen LogP contribution in [0.5, 0.6) is 0 Å². The first-order chi connectivity index (χ1) is 9.15. The molecular formula is C14H23N3O2. The molecule has 2 heterocycles. The van der Waals surface area contributed by atoms with Crippen LogP contribution in [-0.2, 0) is 24.1 Å². The van der Waals surface area contributed by atoms with Crippen molar-refractivity contribution in [2.24, 2.45) is 5.73 Å². The van der Waals surface area contributed by atoms with Gasteiger partial charge in [-0.3, -0.25) is 4.79 Å². The summed E-state index contributed by atoms with van der Waals surface area (Å²) >= 11 is 0. The zero-order chi connectivity index (χ0) is 13.8. The molecule has 1 aliphatic rings. The van der Waals surface area contributed by atoms with Gasteiger partial charge in [0, 0.05) is 31.1 Å². The Morgan fingerprint density at radius 1 is 1.37 bits per heavy atom. The molecule has 0 saturated carbocycles. The van der Waals surface area contributed by atoms with Crippen LogP contribution in [0.4, 0.5) is 0 Å². The topological polar surface area (TPSA) is 72.4 Å². The molecule has 0 spiro atoms. The number of nitrogens with two attached hydrogens (primary N) is 1. The van der Waals surface area contributed by atoms with E-state index in [0.29, 0.717) is 6.42 Å². The zero-order valence-electron chi connectivity index (χ0n) is 11.8. The number of carbonyl (C=O) groups excluding carboxylic acids is 1. The third-order valence-electron chi connectivity index (χ3n) is 3.83. The molecule has 1 aliphatic heterocycles. The van der Waals surface area contributed by atoms with Gasteiger partial charge in [-0.15, -0.1) is 0 Å². The molecule has 1 aromatic rings.